The zero-order valence-corrected chi connectivity index (χ0v) is 19.8. The Bertz CT molecular complexity index is 1710. The Morgan fingerprint density at radius 3 is 2.43 bits per heavy atom. The predicted molar refractivity (Wildman–Crippen MR) is 124 cm³/mol. The number of hydrogen-bond acceptors (Lipinski definition) is 6. The van der Waals surface area contributed by atoms with E-state index >= 15 is 0 Å². The molecule has 0 radical (unpaired) electrons. The van der Waals surface area contributed by atoms with Gasteiger partial charge in [-0.2, -0.15) is 18.3 Å². The van der Waals surface area contributed by atoms with Gasteiger partial charge in [-0.15, -0.1) is 0 Å². The van der Waals surface area contributed by atoms with E-state index < -0.39 is 21.7 Å². The molecule has 0 bridgehead atoms. The first kappa shape index (κ1) is 23.2. The number of nitrogens with zero attached hydrogens (tertiary/aromatic N) is 6. The molecule has 0 aliphatic rings. The number of benzene rings is 1. The summed E-state index contributed by atoms with van der Waals surface area (Å²) in [5, 5.41) is 4.59. The van der Waals surface area contributed by atoms with E-state index in [0.29, 0.717) is 16.1 Å². The molecule has 180 valence electrons. The van der Waals surface area contributed by atoms with Crippen molar-refractivity contribution in [2.24, 2.45) is 7.05 Å². The number of rotatable bonds is 4. The van der Waals surface area contributed by atoms with E-state index in [1.165, 1.54) is 16.0 Å². The van der Waals surface area contributed by atoms with Crippen LogP contribution in [0.25, 0.3) is 39.2 Å². The summed E-state index contributed by atoms with van der Waals surface area (Å²) in [6.07, 6.45) is -0.416. The van der Waals surface area contributed by atoms with Gasteiger partial charge < -0.3 is 4.57 Å². The maximum absolute atomic E-state index is 13.2. The van der Waals surface area contributed by atoms with Gasteiger partial charge in [0.2, 0.25) is 0 Å². The van der Waals surface area contributed by atoms with Crippen LogP contribution in [0.3, 0.4) is 0 Å². The normalized spacial score (nSPS) is 12.6. The fourth-order valence-electron chi connectivity index (χ4n) is 3.72. The fourth-order valence-corrected chi connectivity index (χ4v) is 4.83. The number of alkyl halides is 3. The molecule has 13 heteroatoms. The third-order valence-corrected chi connectivity index (χ3v) is 7.46. The first-order valence-corrected chi connectivity index (χ1v) is 12.3. The minimum atomic E-state index is -4.65. The maximum Gasteiger partial charge on any atom is 0.433 e. The van der Waals surface area contributed by atoms with Crippen LogP contribution in [0.5, 0.6) is 0 Å². The lowest BCUT2D eigenvalue weighted by molar-refractivity contribution is -0.141. The Kier molecular flexibility index (Phi) is 5.33. The van der Waals surface area contributed by atoms with E-state index in [0.717, 1.165) is 17.8 Å². The Hall–Kier alpha value is -3.51. The van der Waals surface area contributed by atoms with Gasteiger partial charge in [0, 0.05) is 30.0 Å². The van der Waals surface area contributed by atoms with Gasteiger partial charge in [-0.1, -0.05) is 30.7 Å². The van der Waals surface area contributed by atoms with E-state index in [-0.39, 0.29) is 33.3 Å². The number of aromatic nitrogens is 6. The van der Waals surface area contributed by atoms with E-state index in [2.05, 4.69) is 20.1 Å². The number of aryl methyl sites for hydroxylation is 1. The molecule has 0 atom stereocenters. The van der Waals surface area contributed by atoms with Crippen LogP contribution < -0.4 is 0 Å². The summed E-state index contributed by atoms with van der Waals surface area (Å²) in [6.45, 7) is 1.48. The molecule has 0 unspecified atom stereocenters. The lowest BCUT2D eigenvalue weighted by Crippen LogP contribution is -2.07. The SMILES string of the molecule is CCS(=O)(=O)c1nn2cc(-c3ccc(Cl)cc3)cnc2c1-c1nc2cc(C(F)(F)F)ncc2n1C. The minimum absolute atomic E-state index is 0.0156. The molecule has 0 spiro atoms. The van der Waals surface area contributed by atoms with Gasteiger partial charge in [-0.25, -0.2) is 27.9 Å². The highest BCUT2D eigenvalue weighted by molar-refractivity contribution is 7.91. The molecule has 0 saturated carbocycles. The quantitative estimate of drug-likeness (QED) is 0.337. The number of imidazole rings is 1. The third-order valence-electron chi connectivity index (χ3n) is 5.57. The van der Waals surface area contributed by atoms with Crippen molar-refractivity contribution in [3.05, 3.63) is 59.6 Å². The van der Waals surface area contributed by atoms with Gasteiger partial charge in [0.1, 0.15) is 17.1 Å². The molecule has 8 nitrogen and oxygen atoms in total. The second-order valence-corrected chi connectivity index (χ2v) is 10.4. The van der Waals surface area contributed by atoms with Crippen molar-refractivity contribution >= 4 is 38.1 Å². The fraction of sp³-hybridized carbons (Fsp3) is 0.182. The van der Waals surface area contributed by atoms with Crippen molar-refractivity contribution in [2.75, 3.05) is 5.75 Å². The van der Waals surface area contributed by atoms with Crippen LogP contribution in [0.2, 0.25) is 5.02 Å². The summed E-state index contributed by atoms with van der Waals surface area (Å²) in [4.78, 5) is 12.3. The van der Waals surface area contributed by atoms with Gasteiger partial charge in [0.05, 0.1) is 23.0 Å². The summed E-state index contributed by atoms with van der Waals surface area (Å²) in [7, 11) is -2.28. The zero-order valence-electron chi connectivity index (χ0n) is 18.2. The van der Waals surface area contributed by atoms with Crippen molar-refractivity contribution in [2.45, 2.75) is 18.1 Å². The monoisotopic (exact) mass is 520 g/mol. The van der Waals surface area contributed by atoms with Crippen LogP contribution in [0.15, 0.2) is 53.9 Å². The lowest BCUT2D eigenvalue weighted by atomic mass is 10.1. The molecule has 0 saturated heterocycles. The molecule has 35 heavy (non-hydrogen) atoms. The standard InChI is InChI=1S/C22H16ClF3N6O2S/c1-3-35(33,34)21-18(20-29-15-8-17(22(24,25)26)27-10-16(15)31(20)2)19-28-9-13(11-32(19)30-21)12-4-6-14(23)7-5-12/h4-11H,3H2,1-2H3. The molecular weight excluding hydrogens is 505 g/mol. The molecule has 0 amide bonds. The smallest absolute Gasteiger partial charge is 0.326 e. The van der Waals surface area contributed by atoms with E-state index in [1.54, 1.807) is 43.7 Å². The van der Waals surface area contributed by atoms with Crippen molar-refractivity contribution in [1.29, 1.82) is 0 Å². The molecule has 0 fully saturated rings. The first-order chi connectivity index (χ1) is 16.5. The van der Waals surface area contributed by atoms with E-state index in [9.17, 15) is 21.6 Å². The number of sulfone groups is 1. The molecular formula is C22H16ClF3N6O2S. The molecule has 0 aliphatic carbocycles. The second kappa shape index (κ2) is 8.02. The molecule has 0 N–H and O–H groups in total. The van der Waals surface area contributed by atoms with E-state index in [4.69, 9.17) is 11.6 Å². The highest BCUT2D eigenvalue weighted by atomic mass is 35.5. The van der Waals surface area contributed by atoms with Crippen LogP contribution >= 0.6 is 11.6 Å². The average Bonchev–Trinajstić information content (AvgIpc) is 3.36. The van der Waals surface area contributed by atoms with Gasteiger partial charge in [-0.3, -0.25) is 0 Å². The van der Waals surface area contributed by atoms with Crippen LogP contribution in [-0.4, -0.2) is 43.3 Å². The van der Waals surface area contributed by atoms with Gasteiger partial charge in [-0.05, 0) is 23.8 Å². The Morgan fingerprint density at radius 1 is 1.06 bits per heavy atom. The molecule has 4 heterocycles. The molecule has 5 aromatic rings. The van der Waals surface area contributed by atoms with Crippen molar-refractivity contribution < 1.29 is 21.6 Å². The molecule has 1 aromatic carbocycles. The minimum Gasteiger partial charge on any atom is -0.326 e. The molecule has 0 aliphatic heterocycles. The van der Waals surface area contributed by atoms with Gasteiger partial charge in [0.15, 0.2) is 20.5 Å². The largest absolute Gasteiger partial charge is 0.433 e. The Labute approximate surface area is 201 Å². The Morgan fingerprint density at radius 2 is 1.77 bits per heavy atom. The summed E-state index contributed by atoms with van der Waals surface area (Å²) >= 11 is 5.96. The summed E-state index contributed by atoms with van der Waals surface area (Å²) in [5.41, 5.74) is 0.953. The van der Waals surface area contributed by atoms with Crippen molar-refractivity contribution in [3.8, 4) is 22.5 Å². The van der Waals surface area contributed by atoms with Gasteiger partial charge in [0.25, 0.3) is 0 Å². The van der Waals surface area contributed by atoms with Crippen LogP contribution in [-0.2, 0) is 23.1 Å². The lowest BCUT2D eigenvalue weighted by Gasteiger charge is -2.05. The summed E-state index contributed by atoms with van der Waals surface area (Å²) in [5.74, 6) is -0.132. The Balaban J connectivity index is 1.77. The summed E-state index contributed by atoms with van der Waals surface area (Å²) < 4.78 is 68.2. The topological polar surface area (TPSA) is 95.0 Å². The summed E-state index contributed by atoms with van der Waals surface area (Å²) in [6, 6.07) is 7.83. The highest BCUT2D eigenvalue weighted by Gasteiger charge is 2.34. The van der Waals surface area contributed by atoms with Crippen LogP contribution in [0.4, 0.5) is 13.2 Å². The average molecular weight is 521 g/mol. The van der Waals surface area contributed by atoms with Crippen LogP contribution in [0.1, 0.15) is 12.6 Å². The number of halogens is 4. The maximum atomic E-state index is 13.2. The van der Waals surface area contributed by atoms with Crippen molar-refractivity contribution in [1.82, 2.24) is 29.1 Å². The van der Waals surface area contributed by atoms with E-state index in [1.807, 2.05) is 0 Å². The number of hydrogen-bond donors (Lipinski definition) is 0. The second-order valence-electron chi connectivity index (χ2n) is 7.75. The predicted octanol–water partition coefficient (Wildman–Crippen LogP) is 4.81. The van der Waals surface area contributed by atoms with Gasteiger partial charge >= 0.3 is 6.18 Å². The number of pyridine rings is 1. The van der Waals surface area contributed by atoms with Crippen LogP contribution in [0, 0.1) is 0 Å². The third kappa shape index (κ3) is 3.92. The molecule has 5 rings (SSSR count). The zero-order chi connectivity index (χ0) is 25.1. The molecule has 4 aromatic heterocycles. The highest BCUT2D eigenvalue weighted by Crippen LogP contribution is 2.35. The number of fused-ring (bicyclic) bond motifs is 2. The van der Waals surface area contributed by atoms with Crippen molar-refractivity contribution in [3.63, 3.8) is 0 Å². The first-order valence-electron chi connectivity index (χ1n) is 10.3.